The zero-order chi connectivity index (χ0) is 21.8. The van der Waals surface area contributed by atoms with Crippen LogP contribution >= 0.6 is 11.6 Å². The Morgan fingerprint density at radius 3 is 2.14 bits per heavy atom. The molecule has 2 aromatic carbocycles. The first kappa shape index (κ1) is 22.2. The number of carbonyl (C=O) groups is 2. The first-order valence-corrected chi connectivity index (χ1v) is 7.94. The van der Waals surface area contributed by atoms with Crippen molar-refractivity contribution in [2.75, 3.05) is 5.32 Å². The maximum absolute atomic E-state index is 12.8. The van der Waals surface area contributed by atoms with Crippen LogP contribution in [0.15, 0.2) is 47.6 Å². The van der Waals surface area contributed by atoms with E-state index < -0.39 is 40.3 Å². The number of benzene rings is 2. The Kier molecular flexibility index (Phi) is 6.52. The maximum atomic E-state index is 12.8. The topological polar surface area (TPSA) is 70.6 Å². The standard InChI is InChI=1S/C17H10ClF6N3O2/c18-13-6-5-10(7-12(13)17(22,23)24)26-14(28)15(29)27-25-8-9-3-1-2-4-11(9)16(19,20)21/h1-8H,(H,26,28)(H,27,29)/b25-8-. The molecule has 0 aliphatic carbocycles. The molecule has 0 spiro atoms. The summed E-state index contributed by atoms with van der Waals surface area (Å²) >= 11 is 5.44. The van der Waals surface area contributed by atoms with Crippen molar-refractivity contribution in [1.29, 1.82) is 0 Å². The molecule has 5 nitrogen and oxygen atoms in total. The molecule has 0 radical (unpaired) electrons. The van der Waals surface area contributed by atoms with E-state index >= 15 is 0 Å². The van der Waals surface area contributed by atoms with Crippen molar-refractivity contribution in [2.45, 2.75) is 12.4 Å². The van der Waals surface area contributed by atoms with E-state index in [1.54, 1.807) is 5.43 Å². The molecule has 0 aromatic heterocycles. The number of hydrazone groups is 1. The number of amides is 2. The van der Waals surface area contributed by atoms with E-state index in [-0.39, 0.29) is 11.3 Å². The van der Waals surface area contributed by atoms with Gasteiger partial charge in [-0.25, -0.2) is 5.43 Å². The summed E-state index contributed by atoms with van der Waals surface area (Å²) in [5.74, 6) is -2.80. The summed E-state index contributed by atoms with van der Waals surface area (Å²) in [5, 5.41) is 4.56. The molecule has 2 rings (SSSR count). The van der Waals surface area contributed by atoms with Gasteiger partial charge in [0.25, 0.3) is 0 Å². The highest BCUT2D eigenvalue weighted by molar-refractivity contribution is 6.39. The second-order valence-corrected chi connectivity index (χ2v) is 5.84. The number of hydrogen-bond donors (Lipinski definition) is 2. The number of anilines is 1. The highest BCUT2D eigenvalue weighted by Crippen LogP contribution is 2.36. The highest BCUT2D eigenvalue weighted by atomic mass is 35.5. The largest absolute Gasteiger partial charge is 0.417 e. The molecule has 0 aliphatic rings. The van der Waals surface area contributed by atoms with Gasteiger partial charge in [-0.1, -0.05) is 29.8 Å². The second-order valence-electron chi connectivity index (χ2n) is 5.43. The zero-order valence-corrected chi connectivity index (χ0v) is 14.8. The van der Waals surface area contributed by atoms with Gasteiger partial charge in [-0.15, -0.1) is 0 Å². The quantitative estimate of drug-likeness (QED) is 0.322. The van der Waals surface area contributed by atoms with Gasteiger partial charge < -0.3 is 5.32 Å². The molecule has 0 aliphatic heterocycles. The summed E-state index contributed by atoms with van der Waals surface area (Å²) in [7, 11) is 0. The van der Waals surface area contributed by atoms with Gasteiger partial charge in [-0.05, 0) is 24.3 Å². The highest BCUT2D eigenvalue weighted by Gasteiger charge is 2.34. The Bertz CT molecular complexity index is 957. The number of nitrogens with one attached hydrogen (secondary N) is 2. The van der Waals surface area contributed by atoms with E-state index in [2.05, 4.69) is 5.10 Å². The van der Waals surface area contributed by atoms with Gasteiger partial charge >= 0.3 is 24.2 Å². The van der Waals surface area contributed by atoms with E-state index in [0.29, 0.717) is 12.3 Å². The van der Waals surface area contributed by atoms with Crippen molar-refractivity contribution in [2.24, 2.45) is 5.10 Å². The van der Waals surface area contributed by atoms with Gasteiger partial charge in [0.2, 0.25) is 0 Å². The minimum atomic E-state index is -4.78. The molecule has 0 bridgehead atoms. The Labute approximate surface area is 164 Å². The van der Waals surface area contributed by atoms with Crippen LogP contribution in [0.25, 0.3) is 0 Å². The molecule has 2 aromatic rings. The predicted octanol–water partition coefficient (Wildman–Crippen LogP) is 4.47. The van der Waals surface area contributed by atoms with Gasteiger partial charge in [-0.3, -0.25) is 9.59 Å². The second kappa shape index (κ2) is 8.52. The molecule has 0 saturated carbocycles. The van der Waals surface area contributed by atoms with Crippen LogP contribution in [-0.4, -0.2) is 18.0 Å². The molecular weight excluding hydrogens is 428 g/mol. The molecule has 0 fully saturated rings. The summed E-state index contributed by atoms with van der Waals surface area (Å²) in [6.07, 6.45) is -8.76. The average molecular weight is 438 g/mol. The molecule has 154 valence electrons. The van der Waals surface area contributed by atoms with Gasteiger partial charge in [0.05, 0.1) is 22.4 Å². The Hall–Kier alpha value is -3.08. The fraction of sp³-hybridized carbons (Fsp3) is 0.118. The summed E-state index contributed by atoms with van der Waals surface area (Å²) in [4.78, 5) is 23.4. The summed E-state index contributed by atoms with van der Waals surface area (Å²) in [5.41, 5.74) is -1.28. The Morgan fingerprint density at radius 2 is 1.52 bits per heavy atom. The average Bonchev–Trinajstić information content (AvgIpc) is 2.61. The number of halogens is 7. The molecule has 0 saturated heterocycles. The number of nitrogens with zero attached hydrogens (tertiary/aromatic N) is 1. The maximum Gasteiger partial charge on any atom is 0.417 e. The van der Waals surface area contributed by atoms with Crippen LogP contribution in [0.1, 0.15) is 16.7 Å². The van der Waals surface area contributed by atoms with Crippen LogP contribution in [0, 0.1) is 0 Å². The molecule has 2 N–H and O–H groups in total. The van der Waals surface area contributed by atoms with E-state index in [1.165, 1.54) is 6.07 Å². The van der Waals surface area contributed by atoms with E-state index in [0.717, 1.165) is 30.3 Å². The van der Waals surface area contributed by atoms with Gasteiger partial charge in [0, 0.05) is 11.3 Å². The smallest absolute Gasteiger partial charge is 0.318 e. The van der Waals surface area contributed by atoms with Crippen LogP contribution in [0.4, 0.5) is 32.0 Å². The molecule has 0 atom stereocenters. The minimum absolute atomic E-state index is 0.367. The lowest BCUT2D eigenvalue weighted by molar-refractivity contribution is -0.138. The number of hydrogen-bond acceptors (Lipinski definition) is 3. The normalized spacial score (nSPS) is 12.1. The van der Waals surface area contributed by atoms with Crippen LogP contribution in [0.3, 0.4) is 0 Å². The molecule has 12 heteroatoms. The monoisotopic (exact) mass is 437 g/mol. The molecule has 29 heavy (non-hydrogen) atoms. The van der Waals surface area contributed by atoms with E-state index in [1.807, 2.05) is 5.32 Å². The third kappa shape index (κ3) is 5.95. The molecule has 0 heterocycles. The van der Waals surface area contributed by atoms with Crippen molar-refractivity contribution < 1.29 is 35.9 Å². The lowest BCUT2D eigenvalue weighted by Crippen LogP contribution is -2.32. The zero-order valence-electron chi connectivity index (χ0n) is 14.0. The van der Waals surface area contributed by atoms with Crippen LogP contribution in [0.5, 0.6) is 0 Å². The van der Waals surface area contributed by atoms with Crippen LogP contribution in [-0.2, 0) is 21.9 Å². The first-order chi connectivity index (χ1) is 13.4. The minimum Gasteiger partial charge on any atom is -0.318 e. The lowest BCUT2D eigenvalue weighted by atomic mass is 10.1. The summed E-state index contributed by atoms with van der Waals surface area (Å²) < 4.78 is 76.9. The van der Waals surface area contributed by atoms with Crippen LogP contribution in [0.2, 0.25) is 5.02 Å². The van der Waals surface area contributed by atoms with Crippen LogP contribution < -0.4 is 10.7 Å². The summed E-state index contributed by atoms with van der Waals surface area (Å²) in [6, 6.07) is 6.79. The number of alkyl halides is 6. The lowest BCUT2D eigenvalue weighted by Gasteiger charge is -2.11. The Morgan fingerprint density at radius 1 is 0.897 bits per heavy atom. The third-order valence-electron chi connectivity index (χ3n) is 3.37. The number of rotatable bonds is 3. The predicted molar refractivity (Wildman–Crippen MR) is 92.3 cm³/mol. The fourth-order valence-corrected chi connectivity index (χ4v) is 2.31. The van der Waals surface area contributed by atoms with Gasteiger partial charge in [-0.2, -0.15) is 31.4 Å². The van der Waals surface area contributed by atoms with Crippen molar-refractivity contribution in [3.63, 3.8) is 0 Å². The Balaban J connectivity index is 2.06. The first-order valence-electron chi connectivity index (χ1n) is 7.57. The van der Waals surface area contributed by atoms with Crippen molar-refractivity contribution in [3.05, 3.63) is 64.2 Å². The third-order valence-corrected chi connectivity index (χ3v) is 3.70. The SMILES string of the molecule is O=C(N/N=C\c1ccccc1C(F)(F)F)C(=O)Nc1ccc(Cl)c(C(F)(F)F)c1. The van der Waals surface area contributed by atoms with Crippen molar-refractivity contribution in [1.82, 2.24) is 5.43 Å². The summed E-state index contributed by atoms with van der Waals surface area (Å²) in [6.45, 7) is 0. The molecule has 0 unspecified atom stereocenters. The fourth-order valence-electron chi connectivity index (χ4n) is 2.09. The van der Waals surface area contributed by atoms with Gasteiger partial charge in [0.1, 0.15) is 0 Å². The number of carbonyl (C=O) groups excluding carboxylic acids is 2. The van der Waals surface area contributed by atoms with E-state index in [9.17, 15) is 35.9 Å². The molecular formula is C17H10ClF6N3O2. The van der Waals surface area contributed by atoms with E-state index in [4.69, 9.17) is 11.6 Å². The molecule has 2 amide bonds. The van der Waals surface area contributed by atoms with Gasteiger partial charge in [0.15, 0.2) is 0 Å². The van der Waals surface area contributed by atoms with Crippen molar-refractivity contribution in [3.8, 4) is 0 Å². The van der Waals surface area contributed by atoms with Crippen molar-refractivity contribution >= 4 is 35.3 Å².